The summed E-state index contributed by atoms with van der Waals surface area (Å²) in [7, 11) is 4.26. The van der Waals surface area contributed by atoms with E-state index in [2.05, 4.69) is 108 Å². The van der Waals surface area contributed by atoms with Crippen LogP contribution in [0.1, 0.15) is 113 Å². The molecule has 0 unspecified atom stereocenters. The fourth-order valence-electron chi connectivity index (χ4n) is 6.32. The zero-order chi connectivity index (χ0) is 37.7. The second-order valence-corrected chi connectivity index (χ2v) is 16.9. The molecule has 5 aromatic rings. The van der Waals surface area contributed by atoms with Gasteiger partial charge in [-0.25, -0.2) is 4.98 Å². The summed E-state index contributed by atoms with van der Waals surface area (Å²) in [6.45, 7) is 23.4. The number of rotatable bonds is 11. The van der Waals surface area contributed by atoms with Crippen LogP contribution in [0.2, 0.25) is 0 Å². The van der Waals surface area contributed by atoms with Gasteiger partial charge in [0.15, 0.2) is 5.78 Å². The first kappa shape index (κ1) is 43.1. The number of ketones is 1. The number of thiophene rings is 1. The molecule has 2 aromatic carbocycles. The van der Waals surface area contributed by atoms with Crippen LogP contribution in [0.4, 0.5) is 0 Å². The summed E-state index contributed by atoms with van der Waals surface area (Å²) in [5.41, 5.74) is 6.30. The van der Waals surface area contributed by atoms with Crippen LogP contribution in [-0.2, 0) is 36.7 Å². The molecule has 1 N–H and O–H groups in total. The van der Waals surface area contributed by atoms with Gasteiger partial charge in [-0.3, -0.25) is 4.79 Å². The van der Waals surface area contributed by atoms with Crippen molar-refractivity contribution in [3.63, 3.8) is 0 Å². The standard InChI is InChI=1S/C31H31N2S.C15H28O2.Ir/c1-20(2)15-24-19-34-30-26(24)11-12-28(32-30)22-13-14-33(6)29(18-22)23-16-21-9-7-8-10-25(21)27(17-23)31(3,4)5;1-7-14(5,8-2)12(16)11-13(17)15(6,9-3)10-4;/h7-14,17-20H,6,15H2,1-5H3;11,16H,7-10H2,1-6H3;/q-1;;/b;12-11-;. The Morgan fingerprint density at radius 1 is 0.923 bits per heavy atom. The smallest absolute Gasteiger partial charge is 0.164 e. The Morgan fingerprint density at radius 2 is 1.56 bits per heavy atom. The van der Waals surface area contributed by atoms with Crippen molar-refractivity contribution in [1.82, 2.24) is 4.98 Å². The van der Waals surface area contributed by atoms with Crippen LogP contribution in [0.25, 0.3) is 43.5 Å². The molecule has 0 saturated heterocycles. The molecule has 52 heavy (non-hydrogen) atoms. The van der Waals surface area contributed by atoms with Gasteiger partial charge in [-0.05, 0) is 84.2 Å². The third-order valence-corrected chi connectivity index (χ3v) is 11.9. The Balaban J connectivity index is 0.000000347. The average molecular weight is 896 g/mol. The number of aliphatic hydroxyl groups excluding tert-OH is 1. The molecule has 3 heterocycles. The number of carbonyl (C=O) groups excluding carboxylic acids is 1. The molecule has 3 aromatic heterocycles. The van der Waals surface area contributed by atoms with Crippen molar-refractivity contribution >= 4 is 38.1 Å². The molecule has 6 heteroatoms. The zero-order valence-corrected chi connectivity index (χ0v) is 36.5. The summed E-state index contributed by atoms with van der Waals surface area (Å²) in [6.07, 6.45) is 7.87. The van der Waals surface area contributed by atoms with Gasteiger partial charge in [0, 0.05) is 49.4 Å². The van der Waals surface area contributed by atoms with E-state index in [0.29, 0.717) is 5.92 Å². The molecular weight excluding hydrogens is 837 g/mol. The van der Waals surface area contributed by atoms with Gasteiger partial charge in [0.2, 0.25) is 0 Å². The number of nitrogens with zero attached hydrogens (tertiary/aromatic N) is 2. The minimum atomic E-state index is -0.337. The Morgan fingerprint density at radius 3 is 2.15 bits per heavy atom. The van der Waals surface area contributed by atoms with Crippen LogP contribution >= 0.6 is 11.3 Å². The number of aliphatic hydroxyl groups is 1. The molecule has 0 atom stereocenters. The van der Waals surface area contributed by atoms with Gasteiger partial charge in [0.1, 0.15) is 16.3 Å². The van der Waals surface area contributed by atoms with E-state index in [1.54, 1.807) is 11.3 Å². The van der Waals surface area contributed by atoms with E-state index in [9.17, 15) is 9.90 Å². The number of carbonyl (C=O) groups is 1. The van der Waals surface area contributed by atoms with Crippen LogP contribution in [0.15, 0.2) is 78.0 Å². The number of aromatic nitrogens is 2. The summed E-state index contributed by atoms with van der Waals surface area (Å²) in [5, 5.41) is 16.1. The molecule has 0 bridgehead atoms. The molecule has 0 aliphatic heterocycles. The van der Waals surface area contributed by atoms with E-state index < -0.39 is 0 Å². The number of hydrogen-bond acceptors (Lipinski definition) is 4. The molecule has 4 nitrogen and oxygen atoms in total. The summed E-state index contributed by atoms with van der Waals surface area (Å²) < 4.78 is 1.93. The maximum Gasteiger partial charge on any atom is 0.164 e. The average Bonchev–Trinajstić information content (AvgIpc) is 3.51. The fourth-order valence-corrected chi connectivity index (χ4v) is 7.27. The fraction of sp³-hybridized carbons (Fsp3) is 0.435. The van der Waals surface area contributed by atoms with Gasteiger partial charge in [-0.2, -0.15) is 0 Å². The van der Waals surface area contributed by atoms with Crippen LogP contribution in [0.5, 0.6) is 0 Å². The van der Waals surface area contributed by atoms with Crippen LogP contribution in [-0.4, -0.2) is 15.9 Å². The first-order valence-electron chi connectivity index (χ1n) is 18.7. The molecule has 1 radical (unpaired) electrons. The zero-order valence-electron chi connectivity index (χ0n) is 33.2. The van der Waals surface area contributed by atoms with Gasteiger partial charge >= 0.3 is 0 Å². The van der Waals surface area contributed by atoms with Gasteiger partial charge in [0.25, 0.3) is 0 Å². The van der Waals surface area contributed by atoms with Gasteiger partial charge < -0.3 is 9.67 Å². The van der Waals surface area contributed by atoms with E-state index in [1.807, 2.05) is 52.3 Å². The van der Waals surface area contributed by atoms with Crippen LogP contribution in [0.3, 0.4) is 0 Å². The van der Waals surface area contributed by atoms with Gasteiger partial charge in [0.05, 0.1) is 11.9 Å². The quantitative estimate of drug-likeness (QED) is 0.0622. The van der Waals surface area contributed by atoms with Crippen molar-refractivity contribution in [3.8, 4) is 22.5 Å². The second-order valence-electron chi connectivity index (χ2n) is 16.0. The van der Waals surface area contributed by atoms with Crippen molar-refractivity contribution in [1.29, 1.82) is 0 Å². The van der Waals surface area contributed by atoms with Crippen molar-refractivity contribution in [2.75, 3.05) is 0 Å². The number of fused-ring (bicyclic) bond motifs is 2. The molecule has 0 saturated carbocycles. The number of hydrogen-bond donors (Lipinski definition) is 1. The van der Waals surface area contributed by atoms with Crippen LogP contribution in [0, 0.1) is 29.9 Å². The van der Waals surface area contributed by atoms with E-state index >= 15 is 0 Å². The van der Waals surface area contributed by atoms with E-state index in [0.717, 1.165) is 64.8 Å². The van der Waals surface area contributed by atoms with E-state index in [1.165, 1.54) is 28.0 Å². The van der Waals surface area contributed by atoms with Crippen LogP contribution < -0.4 is 4.57 Å². The van der Waals surface area contributed by atoms with Crippen molar-refractivity contribution in [2.45, 2.75) is 114 Å². The first-order chi connectivity index (χ1) is 24.0. The molecule has 0 amide bonds. The Labute approximate surface area is 331 Å². The SMILES string of the molecule is CCC(C)(CC)C(=O)/C=C(\O)C(C)(CC)CC.[CH2-][n+]1ccc(-c2ccc3c(CC(C)C)csc3n2)cc1-c1[c-]c2ccccc2c(C(C)(C)C)c1.[Ir]. The summed E-state index contributed by atoms with van der Waals surface area (Å²) in [5.74, 6) is 0.923. The summed E-state index contributed by atoms with van der Waals surface area (Å²) in [4.78, 5) is 18.3. The minimum Gasteiger partial charge on any atom is -0.512 e. The minimum absolute atomic E-state index is 0. The number of allylic oxidation sites excluding steroid dienone is 2. The van der Waals surface area contributed by atoms with Gasteiger partial charge in [-0.1, -0.05) is 105 Å². The maximum absolute atomic E-state index is 12.2. The van der Waals surface area contributed by atoms with E-state index in [4.69, 9.17) is 4.98 Å². The number of pyridine rings is 2. The largest absolute Gasteiger partial charge is 0.512 e. The predicted molar refractivity (Wildman–Crippen MR) is 218 cm³/mol. The first-order valence-corrected chi connectivity index (χ1v) is 19.5. The molecule has 0 fully saturated rings. The Bertz CT molecular complexity index is 2010. The van der Waals surface area contributed by atoms with Crippen molar-refractivity contribution in [2.24, 2.45) is 16.7 Å². The van der Waals surface area contributed by atoms with E-state index in [-0.39, 0.29) is 47.9 Å². The predicted octanol–water partition coefficient (Wildman–Crippen LogP) is 12.7. The summed E-state index contributed by atoms with van der Waals surface area (Å²) >= 11 is 1.74. The monoisotopic (exact) mass is 896 g/mol. The third kappa shape index (κ3) is 9.61. The molecular formula is C46H59IrN2O2S-. The maximum atomic E-state index is 12.2. The Hall–Kier alpha value is -3.31. The molecule has 0 aliphatic carbocycles. The second kappa shape index (κ2) is 17.7. The topological polar surface area (TPSA) is 54.1 Å². The molecule has 281 valence electrons. The van der Waals surface area contributed by atoms with Crippen molar-refractivity contribution in [3.05, 3.63) is 102 Å². The summed E-state index contributed by atoms with van der Waals surface area (Å²) in [6, 6.07) is 23.1. The molecule has 0 aliphatic rings. The molecule has 5 rings (SSSR count). The molecule has 0 spiro atoms. The Kier molecular flexibility index (Phi) is 14.6. The normalized spacial score (nSPS) is 12.5. The third-order valence-electron chi connectivity index (χ3n) is 10.9. The number of benzene rings is 2. The van der Waals surface area contributed by atoms with Crippen molar-refractivity contribution < 1.29 is 34.6 Å². The van der Waals surface area contributed by atoms with Gasteiger partial charge in [-0.15, -0.1) is 40.5 Å².